The van der Waals surface area contributed by atoms with Crippen molar-refractivity contribution in [1.29, 1.82) is 0 Å². The van der Waals surface area contributed by atoms with E-state index in [0.717, 1.165) is 43.4 Å². The number of unbranched alkanes of at least 4 members (excludes halogenated alkanes) is 3. The average molecular weight is 662 g/mol. The van der Waals surface area contributed by atoms with Gasteiger partial charge in [0.2, 0.25) is 5.13 Å². The van der Waals surface area contributed by atoms with Gasteiger partial charge in [0.05, 0.1) is 24.8 Å². The molecule has 0 bridgehead atoms. The predicted molar refractivity (Wildman–Crippen MR) is 179 cm³/mol. The van der Waals surface area contributed by atoms with Crippen LogP contribution >= 0.6 is 23.1 Å². The molecule has 2 heterocycles. The molecule has 8 nitrogen and oxygen atoms in total. The van der Waals surface area contributed by atoms with Crippen molar-refractivity contribution >= 4 is 45.7 Å². The van der Waals surface area contributed by atoms with Crippen molar-refractivity contribution in [3.8, 4) is 11.5 Å². The first-order valence-corrected chi connectivity index (χ1v) is 17.2. The SMILES string of the molecule is CCCCCOc1ccc([C@@H]2C(=C(O)c3ccc(OCCCC)cc3)C(=O)C(=O)N2c2nnc(SCc3ccccc3F)s2)cc1. The molecule has 3 aromatic carbocycles. The van der Waals surface area contributed by atoms with Gasteiger partial charge in [-0.25, -0.2) is 4.39 Å². The molecule has 1 fully saturated rings. The van der Waals surface area contributed by atoms with Crippen LogP contribution in [0, 0.1) is 5.82 Å². The number of hydrogen-bond acceptors (Lipinski definition) is 9. The first-order chi connectivity index (χ1) is 22.4. The summed E-state index contributed by atoms with van der Waals surface area (Å²) in [5.74, 6) is -0.645. The van der Waals surface area contributed by atoms with Gasteiger partial charge in [-0.05, 0) is 66.4 Å². The van der Waals surface area contributed by atoms with Gasteiger partial charge in [0.25, 0.3) is 5.78 Å². The van der Waals surface area contributed by atoms with Gasteiger partial charge in [0, 0.05) is 11.3 Å². The zero-order valence-electron chi connectivity index (χ0n) is 25.8. The van der Waals surface area contributed by atoms with E-state index in [1.165, 1.54) is 22.7 Å². The van der Waals surface area contributed by atoms with Crippen molar-refractivity contribution < 1.29 is 28.6 Å². The maximum Gasteiger partial charge on any atom is 0.301 e. The first kappa shape index (κ1) is 33.2. The molecule has 1 saturated heterocycles. The number of hydrogen-bond donors (Lipinski definition) is 1. The minimum atomic E-state index is -0.966. The van der Waals surface area contributed by atoms with Crippen LogP contribution in [0.15, 0.2) is 82.7 Å². The molecule has 1 N–H and O–H groups in total. The topological polar surface area (TPSA) is 102 Å². The van der Waals surface area contributed by atoms with E-state index in [0.29, 0.717) is 51.5 Å². The molecule has 5 rings (SSSR count). The molecule has 0 unspecified atom stereocenters. The molecule has 1 aliphatic rings. The molecule has 240 valence electrons. The Bertz CT molecular complexity index is 1670. The molecule has 46 heavy (non-hydrogen) atoms. The summed E-state index contributed by atoms with van der Waals surface area (Å²) in [5.41, 5.74) is 1.43. The number of thioether (sulfide) groups is 1. The highest BCUT2D eigenvalue weighted by Crippen LogP contribution is 2.44. The highest BCUT2D eigenvalue weighted by molar-refractivity contribution is 8.00. The Labute approximate surface area is 276 Å². The maximum absolute atomic E-state index is 14.2. The maximum atomic E-state index is 14.2. The van der Waals surface area contributed by atoms with Gasteiger partial charge < -0.3 is 14.6 Å². The van der Waals surface area contributed by atoms with Gasteiger partial charge >= 0.3 is 5.91 Å². The zero-order valence-corrected chi connectivity index (χ0v) is 27.4. The third kappa shape index (κ3) is 7.76. The Morgan fingerprint density at radius 1 is 0.891 bits per heavy atom. The number of nitrogens with zero attached hydrogens (tertiary/aromatic N) is 3. The number of ketones is 1. The van der Waals surface area contributed by atoms with E-state index in [-0.39, 0.29) is 22.3 Å². The molecule has 1 aliphatic heterocycles. The van der Waals surface area contributed by atoms with Crippen LogP contribution in [0.5, 0.6) is 11.5 Å². The molecule has 4 aromatic rings. The second kappa shape index (κ2) is 15.9. The Morgan fingerprint density at radius 2 is 1.54 bits per heavy atom. The fourth-order valence-corrected chi connectivity index (χ4v) is 6.80. The highest BCUT2D eigenvalue weighted by atomic mass is 32.2. The Morgan fingerprint density at radius 3 is 2.22 bits per heavy atom. The van der Waals surface area contributed by atoms with E-state index in [1.807, 2.05) is 0 Å². The largest absolute Gasteiger partial charge is 0.507 e. The monoisotopic (exact) mass is 661 g/mol. The van der Waals surface area contributed by atoms with E-state index in [9.17, 15) is 19.1 Å². The summed E-state index contributed by atoms with van der Waals surface area (Å²) in [4.78, 5) is 28.5. The molecule has 11 heteroatoms. The fraction of sp³-hybridized carbons (Fsp3) is 0.314. The third-order valence-electron chi connectivity index (χ3n) is 7.46. The minimum Gasteiger partial charge on any atom is -0.507 e. The summed E-state index contributed by atoms with van der Waals surface area (Å²) >= 11 is 2.41. The number of rotatable bonds is 15. The van der Waals surface area contributed by atoms with Gasteiger partial charge in [-0.3, -0.25) is 14.5 Å². The van der Waals surface area contributed by atoms with Gasteiger partial charge in [0.1, 0.15) is 23.1 Å². The number of Topliss-reactive ketones (excluding diaryl/α,β-unsaturated/α-hetero) is 1. The van der Waals surface area contributed by atoms with E-state index >= 15 is 0 Å². The summed E-state index contributed by atoms with van der Waals surface area (Å²) in [6, 6.07) is 19.5. The summed E-state index contributed by atoms with van der Waals surface area (Å²) < 4.78 is 26.3. The lowest BCUT2D eigenvalue weighted by molar-refractivity contribution is -0.132. The van der Waals surface area contributed by atoms with Gasteiger partial charge in [-0.1, -0.05) is 86.5 Å². The van der Waals surface area contributed by atoms with Crippen molar-refractivity contribution in [2.45, 2.75) is 62.1 Å². The summed E-state index contributed by atoms with van der Waals surface area (Å²) in [5, 5.41) is 20.2. The van der Waals surface area contributed by atoms with Gasteiger partial charge in [0.15, 0.2) is 4.34 Å². The van der Waals surface area contributed by atoms with Crippen LogP contribution in [0.3, 0.4) is 0 Å². The average Bonchev–Trinajstić information content (AvgIpc) is 3.64. The van der Waals surface area contributed by atoms with Gasteiger partial charge in [-0.2, -0.15) is 0 Å². The second-order valence-corrected chi connectivity index (χ2v) is 12.9. The molecule has 1 atom stereocenters. The number of carbonyl (C=O) groups is 2. The number of aliphatic hydroxyl groups excluding tert-OH is 1. The summed E-state index contributed by atoms with van der Waals surface area (Å²) in [6.45, 7) is 5.37. The van der Waals surface area contributed by atoms with E-state index < -0.39 is 17.7 Å². The van der Waals surface area contributed by atoms with Crippen molar-refractivity contribution in [1.82, 2.24) is 10.2 Å². The van der Waals surface area contributed by atoms with Crippen LogP contribution in [0.1, 0.15) is 68.7 Å². The quantitative estimate of drug-likeness (QED) is 0.0339. The number of halogens is 1. The van der Waals surface area contributed by atoms with Crippen LogP contribution in [0.25, 0.3) is 5.76 Å². The molecular weight excluding hydrogens is 626 g/mol. The third-order valence-corrected chi connectivity index (χ3v) is 9.57. The summed E-state index contributed by atoms with van der Waals surface area (Å²) in [7, 11) is 0. The van der Waals surface area contributed by atoms with Crippen molar-refractivity contribution in [3.05, 3.63) is 101 Å². The lowest BCUT2D eigenvalue weighted by Gasteiger charge is -2.22. The van der Waals surface area contributed by atoms with E-state index in [4.69, 9.17) is 9.47 Å². The number of carbonyl (C=O) groups excluding carboxylic acids is 2. The van der Waals surface area contributed by atoms with Crippen molar-refractivity contribution in [3.63, 3.8) is 0 Å². The van der Waals surface area contributed by atoms with Crippen LogP contribution < -0.4 is 14.4 Å². The number of anilines is 1. The van der Waals surface area contributed by atoms with Crippen LogP contribution in [0.2, 0.25) is 0 Å². The molecule has 1 aromatic heterocycles. The van der Waals surface area contributed by atoms with Crippen LogP contribution in [-0.4, -0.2) is 40.2 Å². The zero-order chi connectivity index (χ0) is 32.5. The Balaban J connectivity index is 1.47. The van der Waals surface area contributed by atoms with Crippen molar-refractivity contribution in [2.75, 3.05) is 18.1 Å². The number of benzene rings is 3. The Hall–Kier alpha value is -4.22. The standard InChI is InChI=1S/C35H36FN3O5S2/c1-3-5-9-21-44-26-16-12-23(13-17-26)30-29(31(40)24-14-18-27(19-15-24)43-20-6-4-2)32(41)33(42)39(30)34-37-38-35(46-34)45-22-25-10-7-8-11-28(25)36/h7-8,10-19,30,40H,3-6,9,20-22H2,1-2H3/t30-/m1/s1. The molecular formula is C35H36FN3O5S2. The highest BCUT2D eigenvalue weighted by Gasteiger charge is 2.48. The normalized spacial score (nSPS) is 15.8. The van der Waals surface area contributed by atoms with Crippen LogP contribution in [0.4, 0.5) is 9.52 Å². The van der Waals surface area contributed by atoms with Gasteiger partial charge in [-0.15, -0.1) is 10.2 Å². The van der Waals surface area contributed by atoms with Crippen molar-refractivity contribution in [2.24, 2.45) is 0 Å². The molecule has 0 radical (unpaired) electrons. The first-order valence-electron chi connectivity index (χ1n) is 15.4. The van der Waals surface area contributed by atoms with E-state index in [1.54, 1.807) is 66.7 Å². The molecule has 0 aliphatic carbocycles. The molecule has 0 spiro atoms. The fourth-order valence-electron chi connectivity index (χ4n) is 4.95. The molecule has 0 saturated carbocycles. The number of aromatic nitrogens is 2. The van der Waals surface area contributed by atoms with Crippen LogP contribution in [-0.2, 0) is 15.3 Å². The number of aliphatic hydroxyl groups is 1. The lowest BCUT2D eigenvalue weighted by Crippen LogP contribution is -2.29. The second-order valence-electron chi connectivity index (χ2n) is 10.8. The number of amides is 1. The number of ether oxygens (including phenoxy) is 2. The summed E-state index contributed by atoms with van der Waals surface area (Å²) in [6.07, 6.45) is 5.02. The predicted octanol–water partition coefficient (Wildman–Crippen LogP) is 8.34. The Kier molecular flexibility index (Phi) is 11.4. The van der Waals surface area contributed by atoms with E-state index in [2.05, 4.69) is 24.0 Å². The molecule has 1 amide bonds. The smallest absolute Gasteiger partial charge is 0.301 e. The lowest BCUT2D eigenvalue weighted by atomic mass is 9.95. The minimum absolute atomic E-state index is 0.0583.